The predicted molar refractivity (Wildman–Crippen MR) is 88.2 cm³/mol. The van der Waals surface area contributed by atoms with Gasteiger partial charge in [0.15, 0.2) is 0 Å². The maximum Gasteiger partial charge on any atom is 0.221 e. The fourth-order valence-electron chi connectivity index (χ4n) is 2.04. The van der Waals surface area contributed by atoms with Crippen LogP contribution >= 0.6 is 0 Å². The predicted octanol–water partition coefficient (Wildman–Crippen LogP) is 5.21. The molecule has 21 heavy (non-hydrogen) atoms. The SMILES string of the molecule is CCCNc1cccc(Oc2ccc(C(C)CC)cc2)n1. The van der Waals surface area contributed by atoms with Gasteiger partial charge in [0.25, 0.3) is 0 Å². The van der Waals surface area contributed by atoms with E-state index in [0.29, 0.717) is 11.8 Å². The summed E-state index contributed by atoms with van der Waals surface area (Å²) in [6, 6.07) is 14.1. The largest absolute Gasteiger partial charge is 0.439 e. The lowest BCUT2D eigenvalue weighted by Crippen LogP contribution is -2.02. The van der Waals surface area contributed by atoms with Crippen molar-refractivity contribution in [2.75, 3.05) is 11.9 Å². The number of nitrogens with one attached hydrogen (secondary N) is 1. The molecule has 2 rings (SSSR count). The minimum Gasteiger partial charge on any atom is -0.439 e. The molecule has 1 N–H and O–H groups in total. The molecule has 1 atom stereocenters. The average molecular weight is 284 g/mol. The molecule has 1 heterocycles. The first-order valence-electron chi connectivity index (χ1n) is 7.71. The number of ether oxygens (including phenoxy) is 1. The van der Waals surface area contributed by atoms with Gasteiger partial charge in [0.05, 0.1) is 0 Å². The van der Waals surface area contributed by atoms with Gasteiger partial charge in [0.1, 0.15) is 11.6 Å². The smallest absolute Gasteiger partial charge is 0.221 e. The Hall–Kier alpha value is -2.03. The van der Waals surface area contributed by atoms with E-state index in [1.807, 2.05) is 30.3 Å². The molecule has 0 radical (unpaired) electrons. The molecule has 3 heteroatoms. The fourth-order valence-corrected chi connectivity index (χ4v) is 2.04. The van der Waals surface area contributed by atoms with Crippen LogP contribution in [0.3, 0.4) is 0 Å². The molecule has 0 saturated carbocycles. The Morgan fingerprint density at radius 1 is 1.10 bits per heavy atom. The molecule has 0 aliphatic carbocycles. The number of pyridine rings is 1. The lowest BCUT2D eigenvalue weighted by atomic mass is 9.99. The second-order valence-electron chi connectivity index (χ2n) is 5.27. The van der Waals surface area contributed by atoms with E-state index in [9.17, 15) is 0 Å². The topological polar surface area (TPSA) is 34.1 Å². The summed E-state index contributed by atoms with van der Waals surface area (Å²) in [5.41, 5.74) is 1.34. The highest BCUT2D eigenvalue weighted by Crippen LogP contribution is 2.24. The molecule has 0 saturated heterocycles. The van der Waals surface area contributed by atoms with Gasteiger partial charge in [0.2, 0.25) is 5.88 Å². The standard InChI is InChI=1S/C18H24N2O/c1-4-13-19-17-7-6-8-18(20-17)21-16-11-9-15(10-12-16)14(3)5-2/h6-12,14H,4-5,13H2,1-3H3,(H,19,20). The van der Waals surface area contributed by atoms with Crippen molar-refractivity contribution in [3.05, 3.63) is 48.0 Å². The van der Waals surface area contributed by atoms with Crippen LogP contribution in [0.2, 0.25) is 0 Å². The van der Waals surface area contributed by atoms with Crippen LogP contribution in [0.5, 0.6) is 11.6 Å². The van der Waals surface area contributed by atoms with Gasteiger partial charge in [-0.25, -0.2) is 0 Å². The van der Waals surface area contributed by atoms with Crippen molar-refractivity contribution < 1.29 is 4.74 Å². The number of anilines is 1. The first-order valence-corrected chi connectivity index (χ1v) is 7.71. The quantitative estimate of drug-likeness (QED) is 0.758. The van der Waals surface area contributed by atoms with E-state index < -0.39 is 0 Å². The van der Waals surface area contributed by atoms with Crippen LogP contribution < -0.4 is 10.1 Å². The average Bonchev–Trinajstić information content (AvgIpc) is 2.53. The lowest BCUT2D eigenvalue weighted by molar-refractivity contribution is 0.463. The molecular formula is C18H24N2O. The summed E-state index contributed by atoms with van der Waals surface area (Å²) in [5.74, 6) is 2.87. The van der Waals surface area contributed by atoms with Crippen molar-refractivity contribution in [1.29, 1.82) is 0 Å². The van der Waals surface area contributed by atoms with Gasteiger partial charge < -0.3 is 10.1 Å². The summed E-state index contributed by atoms with van der Waals surface area (Å²) >= 11 is 0. The highest BCUT2D eigenvalue weighted by molar-refractivity contribution is 5.39. The zero-order valence-corrected chi connectivity index (χ0v) is 13.1. The molecule has 0 fully saturated rings. The third kappa shape index (κ3) is 4.48. The summed E-state index contributed by atoms with van der Waals surface area (Å²) in [7, 11) is 0. The summed E-state index contributed by atoms with van der Waals surface area (Å²) in [5, 5.41) is 3.26. The van der Waals surface area contributed by atoms with Crippen molar-refractivity contribution in [1.82, 2.24) is 4.98 Å². The Balaban J connectivity index is 2.04. The second-order valence-corrected chi connectivity index (χ2v) is 5.27. The molecule has 0 spiro atoms. The number of benzene rings is 1. The maximum atomic E-state index is 5.82. The van der Waals surface area contributed by atoms with Crippen molar-refractivity contribution in [2.45, 2.75) is 39.5 Å². The Labute approximate surface area is 127 Å². The van der Waals surface area contributed by atoms with E-state index in [2.05, 4.69) is 43.2 Å². The monoisotopic (exact) mass is 284 g/mol. The van der Waals surface area contributed by atoms with Crippen LogP contribution in [0.1, 0.15) is 45.1 Å². The summed E-state index contributed by atoms with van der Waals surface area (Å²) in [4.78, 5) is 4.45. The fraction of sp³-hybridized carbons (Fsp3) is 0.389. The molecule has 112 valence electrons. The third-order valence-electron chi connectivity index (χ3n) is 3.56. The first kappa shape index (κ1) is 15.4. The van der Waals surface area contributed by atoms with E-state index >= 15 is 0 Å². The van der Waals surface area contributed by atoms with E-state index in [4.69, 9.17) is 4.74 Å². The minimum absolute atomic E-state index is 0.582. The molecular weight excluding hydrogens is 260 g/mol. The molecule has 0 amide bonds. The van der Waals surface area contributed by atoms with Gasteiger partial charge in [-0.15, -0.1) is 0 Å². The molecule has 1 aromatic heterocycles. The van der Waals surface area contributed by atoms with E-state index in [0.717, 1.165) is 31.0 Å². The van der Waals surface area contributed by atoms with Crippen LogP contribution in [0.15, 0.2) is 42.5 Å². The van der Waals surface area contributed by atoms with Gasteiger partial charge in [-0.05, 0) is 42.5 Å². The molecule has 1 unspecified atom stereocenters. The van der Waals surface area contributed by atoms with Gasteiger partial charge in [0, 0.05) is 12.6 Å². The Morgan fingerprint density at radius 3 is 2.52 bits per heavy atom. The second kappa shape index (κ2) is 7.67. The summed E-state index contributed by atoms with van der Waals surface area (Å²) < 4.78 is 5.82. The Kier molecular flexibility index (Phi) is 5.61. The van der Waals surface area contributed by atoms with Crippen molar-refractivity contribution in [3.8, 4) is 11.6 Å². The normalized spacial score (nSPS) is 12.0. The molecule has 0 bridgehead atoms. The van der Waals surface area contributed by atoms with Crippen molar-refractivity contribution in [3.63, 3.8) is 0 Å². The Bertz CT molecular complexity index is 551. The van der Waals surface area contributed by atoms with Crippen LogP contribution in [-0.4, -0.2) is 11.5 Å². The van der Waals surface area contributed by atoms with E-state index in [1.54, 1.807) is 0 Å². The highest BCUT2D eigenvalue weighted by Gasteiger charge is 2.04. The molecule has 3 nitrogen and oxygen atoms in total. The molecule has 2 aromatic rings. The number of nitrogens with zero attached hydrogens (tertiary/aromatic N) is 1. The molecule has 1 aromatic carbocycles. The van der Waals surface area contributed by atoms with E-state index in [-0.39, 0.29) is 0 Å². The molecule has 0 aliphatic heterocycles. The van der Waals surface area contributed by atoms with Crippen LogP contribution in [0.4, 0.5) is 5.82 Å². The maximum absolute atomic E-state index is 5.82. The van der Waals surface area contributed by atoms with Gasteiger partial charge in [-0.1, -0.05) is 39.0 Å². The number of aromatic nitrogens is 1. The number of hydrogen-bond acceptors (Lipinski definition) is 3. The lowest BCUT2D eigenvalue weighted by Gasteiger charge is -2.11. The zero-order chi connectivity index (χ0) is 15.1. The van der Waals surface area contributed by atoms with Crippen LogP contribution in [0, 0.1) is 0 Å². The van der Waals surface area contributed by atoms with Gasteiger partial charge in [-0.3, -0.25) is 0 Å². The van der Waals surface area contributed by atoms with Crippen LogP contribution in [0.25, 0.3) is 0 Å². The first-order chi connectivity index (χ1) is 10.2. The number of rotatable bonds is 7. The van der Waals surface area contributed by atoms with Crippen LogP contribution in [-0.2, 0) is 0 Å². The summed E-state index contributed by atoms with van der Waals surface area (Å²) in [6.45, 7) is 7.49. The highest BCUT2D eigenvalue weighted by atomic mass is 16.5. The van der Waals surface area contributed by atoms with Gasteiger partial charge >= 0.3 is 0 Å². The van der Waals surface area contributed by atoms with Gasteiger partial charge in [-0.2, -0.15) is 4.98 Å². The summed E-state index contributed by atoms with van der Waals surface area (Å²) in [6.07, 6.45) is 2.22. The van der Waals surface area contributed by atoms with E-state index in [1.165, 1.54) is 5.56 Å². The van der Waals surface area contributed by atoms with Crippen molar-refractivity contribution in [2.24, 2.45) is 0 Å². The number of hydrogen-bond donors (Lipinski definition) is 1. The zero-order valence-electron chi connectivity index (χ0n) is 13.1. The third-order valence-corrected chi connectivity index (χ3v) is 3.56. The minimum atomic E-state index is 0.582. The molecule has 0 aliphatic rings. The van der Waals surface area contributed by atoms with Crippen molar-refractivity contribution >= 4 is 5.82 Å². The Morgan fingerprint density at radius 2 is 1.86 bits per heavy atom.